The van der Waals surface area contributed by atoms with Crippen LogP contribution in [0.15, 0.2) is 60.7 Å². The number of carbonyl (C=O) groups is 4. The number of alkyl carbamates (subject to hydrolysis) is 2. The van der Waals surface area contributed by atoms with Crippen molar-refractivity contribution in [3.8, 4) is 0 Å². The summed E-state index contributed by atoms with van der Waals surface area (Å²) in [6, 6.07) is 15.8. The third-order valence-electron chi connectivity index (χ3n) is 4.76. The van der Waals surface area contributed by atoms with Gasteiger partial charge in [0.2, 0.25) is 5.91 Å². The first-order valence-electron chi connectivity index (χ1n) is 11.4. The molecule has 10 nitrogen and oxygen atoms in total. The minimum atomic E-state index is -1.26. The van der Waals surface area contributed by atoms with E-state index in [9.17, 15) is 19.2 Å². The molecule has 0 aliphatic rings. The fraction of sp³-hybridized carbons (Fsp3) is 0.385. The summed E-state index contributed by atoms with van der Waals surface area (Å²) in [6.07, 6.45) is -1.47. The third-order valence-corrected chi connectivity index (χ3v) is 4.76. The standard InChI is InChI=1S/C26H33N3O7/c1-26(2,3)36-24(32)27-16-21(29-25(33)35-17-19-13-9-6-10-14-19)22(30)28-20(23(31)34-4)15-18-11-7-5-8-12-18/h5-14,20-21H,15-17H2,1-4H3,(H,27,32)(H,28,30)(H,29,33)/t20-,21+/m1/s1. The largest absolute Gasteiger partial charge is 0.467 e. The van der Waals surface area contributed by atoms with Gasteiger partial charge in [-0.1, -0.05) is 60.7 Å². The highest BCUT2D eigenvalue weighted by molar-refractivity contribution is 5.90. The van der Waals surface area contributed by atoms with Gasteiger partial charge in [0.05, 0.1) is 13.7 Å². The topological polar surface area (TPSA) is 132 Å². The van der Waals surface area contributed by atoms with Crippen molar-refractivity contribution in [1.29, 1.82) is 0 Å². The van der Waals surface area contributed by atoms with Gasteiger partial charge in [-0.25, -0.2) is 14.4 Å². The number of amides is 3. The molecule has 0 saturated carbocycles. The molecule has 0 saturated heterocycles. The van der Waals surface area contributed by atoms with Crippen LogP contribution in [-0.4, -0.2) is 55.4 Å². The van der Waals surface area contributed by atoms with E-state index in [0.717, 1.165) is 11.1 Å². The van der Waals surface area contributed by atoms with Crippen molar-refractivity contribution >= 4 is 24.1 Å². The van der Waals surface area contributed by atoms with E-state index in [4.69, 9.17) is 14.2 Å². The molecule has 0 heterocycles. The van der Waals surface area contributed by atoms with Gasteiger partial charge in [0.25, 0.3) is 0 Å². The van der Waals surface area contributed by atoms with Gasteiger partial charge in [-0.05, 0) is 31.9 Å². The Morgan fingerprint density at radius 3 is 1.94 bits per heavy atom. The zero-order valence-corrected chi connectivity index (χ0v) is 20.9. The Morgan fingerprint density at radius 1 is 0.806 bits per heavy atom. The van der Waals surface area contributed by atoms with Crippen molar-refractivity contribution < 1.29 is 33.4 Å². The second-order valence-electron chi connectivity index (χ2n) is 8.92. The van der Waals surface area contributed by atoms with Gasteiger partial charge in [-0.3, -0.25) is 4.79 Å². The van der Waals surface area contributed by atoms with Gasteiger partial charge in [0.1, 0.15) is 24.3 Å². The van der Waals surface area contributed by atoms with E-state index in [1.165, 1.54) is 7.11 Å². The number of hydrogen-bond donors (Lipinski definition) is 3. The molecule has 0 spiro atoms. The number of esters is 1. The average molecular weight is 500 g/mol. The number of hydrogen-bond acceptors (Lipinski definition) is 7. The van der Waals surface area contributed by atoms with Crippen molar-refractivity contribution in [2.24, 2.45) is 0 Å². The van der Waals surface area contributed by atoms with Crippen LogP contribution in [0.1, 0.15) is 31.9 Å². The van der Waals surface area contributed by atoms with Gasteiger partial charge < -0.3 is 30.2 Å². The maximum absolute atomic E-state index is 13.1. The van der Waals surface area contributed by atoms with Crippen LogP contribution in [0.25, 0.3) is 0 Å². The highest BCUT2D eigenvalue weighted by Crippen LogP contribution is 2.07. The van der Waals surface area contributed by atoms with E-state index < -0.39 is 41.7 Å². The summed E-state index contributed by atoms with van der Waals surface area (Å²) in [6.45, 7) is 4.77. The molecular formula is C26H33N3O7. The summed E-state index contributed by atoms with van der Waals surface area (Å²) >= 11 is 0. The summed E-state index contributed by atoms with van der Waals surface area (Å²) in [4.78, 5) is 50.0. The van der Waals surface area contributed by atoms with Crippen molar-refractivity contribution in [3.05, 3.63) is 71.8 Å². The molecule has 0 bridgehead atoms. The summed E-state index contributed by atoms with van der Waals surface area (Å²) < 4.78 is 15.2. The lowest BCUT2D eigenvalue weighted by Gasteiger charge is -2.24. The molecule has 0 fully saturated rings. The lowest BCUT2D eigenvalue weighted by Crippen LogP contribution is -2.56. The van der Waals surface area contributed by atoms with E-state index in [2.05, 4.69) is 16.0 Å². The van der Waals surface area contributed by atoms with Crippen LogP contribution in [0.3, 0.4) is 0 Å². The molecule has 194 valence electrons. The maximum atomic E-state index is 13.1. The molecule has 2 aromatic rings. The van der Waals surface area contributed by atoms with Crippen molar-refractivity contribution in [2.45, 2.75) is 51.5 Å². The number of nitrogens with one attached hydrogen (secondary N) is 3. The van der Waals surface area contributed by atoms with E-state index in [1.807, 2.05) is 36.4 Å². The second-order valence-corrected chi connectivity index (χ2v) is 8.92. The summed E-state index contributed by atoms with van der Waals surface area (Å²) in [5.74, 6) is -1.37. The molecule has 0 aliphatic heterocycles. The molecule has 3 amide bonds. The fourth-order valence-electron chi connectivity index (χ4n) is 3.07. The number of benzene rings is 2. The zero-order valence-electron chi connectivity index (χ0n) is 20.9. The highest BCUT2D eigenvalue weighted by atomic mass is 16.6. The molecule has 0 radical (unpaired) electrons. The first kappa shape index (κ1) is 28.2. The number of carbonyl (C=O) groups excluding carboxylic acids is 4. The van der Waals surface area contributed by atoms with Crippen molar-refractivity contribution in [2.75, 3.05) is 13.7 Å². The minimum absolute atomic E-state index is 0.0146. The molecule has 10 heteroatoms. The van der Waals surface area contributed by atoms with Gasteiger partial charge in [0, 0.05) is 6.42 Å². The first-order valence-corrected chi connectivity index (χ1v) is 11.4. The van der Waals surface area contributed by atoms with Crippen molar-refractivity contribution in [1.82, 2.24) is 16.0 Å². The van der Waals surface area contributed by atoms with Crippen LogP contribution in [0.4, 0.5) is 9.59 Å². The quantitative estimate of drug-likeness (QED) is 0.338. The predicted molar refractivity (Wildman–Crippen MR) is 132 cm³/mol. The SMILES string of the molecule is COC(=O)[C@@H](Cc1ccccc1)NC(=O)[C@H](CNC(=O)OC(C)(C)C)NC(=O)OCc1ccccc1. The van der Waals surface area contributed by atoms with Crippen LogP contribution >= 0.6 is 0 Å². The Hall–Kier alpha value is -4.08. The Labute approximate surface area is 210 Å². The molecule has 36 heavy (non-hydrogen) atoms. The third kappa shape index (κ3) is 10.5. The maximum Gasteiger partial charge on any atom is 0.408 e. The predicted octanol–water partition coefficient (Wildman–Crippen LogP) is 2.71. The van der Waals surface area contributed by atoms with Crippen LogP contribution < -0.4 is 16.0 Å². The van der Waals surface area contributed by atoms with E-state index in [1.54, 1.807) is 45.0 Å². The Bertz CT molecular complexity index is 1010. The van der Waals surface area contributed by atoms with Gasteiger partial charge >= 0.3 is 18.2 Å². The zero-order chi connectivity index (χ0) is 26.6. The van der Waals surface area contributed by atoms with E-state index in [-0.39, 0.29) is 19.6 Å². The molecular weight excluding hydrogens is 466 g/mol. The van der Waals surface area contributed by atoms with E-state index in [0.29, 0.717) is 0 Å². The Balaban J connectivity index is 2.09. The fourth-order valence-corrected chi connectivity index (χ4v) is 3.07. The molecule has 3 N–H and O–H groups in total. The van der Waals surface area contributed by atoms with Gasteiger partial charge in [-0.2, -0.15) is 0 Å². The lowest BCUT2D eigenvalue weighted by molar-refractivity contribution is -0.145. The minimum Gasteiger partial charge on any atom is -0.467 e. The smallest absolute Gasteiger partial charge is 0.408 e. The van der Waals surface area contributed by atoms with Crippen molar-refractivity contribution in [3.63, 3.8) is 0 Å². The van der Waals surface area contributed by atoms with Crippen LogP contribution in [0.5, 0.6) is 0 Å². The summed E-state index contributed by atoms with van der Waals surface area (Å²) in [5, 5.41) is 7.48. The molecule has 2 aromatic carbocycles. The monoisotopic (exact) mass is 499 g/mol. The number of ether oxygens (including phenoxy) is 3. The molecule has 2 atom stereocenters. The number of rotatable bonds is 10. The van der Waals surface area contributed by atoms with Crippen LogP contribution in [-0.2, 0) is 36.8 Å². The van der Waals surface area contributed by atoms with Gasteiger partial charge in [-0.15, -0.1) is 0 Å². The molecule has 0 aliphatic carbocycles. The average Bonchev–Trinajstić information content (AvgIpc) is 2.84. The van der Waals surface area contributed by atoms with E-state index >= 15 is 0 Å². The molecule has 0 aromatic heterocycles. The van der Waals surface area contributed by atoms with Crippen LogP contribution in [0, 0.1) is 0 Å². The summed E-state index contributed by atoms with van der Waals surface area (Å²) in [5.41, 5.74) is 0.802. The highest BCUT2D eigenvalue weighted by Gasteiger charge is 2.29. The Kier molecular flexibility index (Phi) is 10.7. The summed E-state index contributed by atoms with van der Waals surface area (Å²) in [7, 11) is 1.22. The Morgan fingerprint density at radius 2 is 1.39 bits per heavy atom. The normalized spacial score (nSPS) is 12.4. The van der Waals surface area contributed by atoms with Crippen LogP contribution in [0.2, 0.25) is 0 Å². The van der Waals surface area contributed by atoms with Gasteiger partial charge in [0.15, 0.2) is 0 Å². The molecule has 0 unspecified atom stereocenters. The number of methoxy groups -OCH3 is 1. The second kappa shape index (κ2) is 13.7. The first-order chi connectivity index (χ1) is 17.1. The molecule has 2 rings (SSSR count). The lowest BCUT2D eigenvalue weighted by atomic mass is 10.1.